The summed E-state index contributed by atoms with van der Waals surface area (Å²) in [6.07, 6.45) is 3.72. The highest BCUT2D eigenvalue weighted by Gasteiger charge is 2.12. The molecule has 0 fully saturated rings. The van der Waals surface area contributed by atoms with Crippen LogP contribution in [-0.4, -0.2) is 17.0 Å². The second-order valence-electron chi connectivity index (χ2n) is 4.83. The van der Waals surface area contributed by atoms with E-state index in [0.717, 1.165) is 12.8 Å². The summed E-state index contributed by atoms with van der Waals surface area (Å²) in [5.41, 5.74) is 1.52. The Morgan fingerprint density at radius 1 is 1.33 bits per heavy atom. The fourth-order valence-corrected chi connectivity index (χ4v) is 1.87. The fourth-order valence-electron chi connectivity index (χ4n) is 1.87. The van der Waals surface area contributed by atoms with Crippen molar-refractivity contribution in [1.29, 1.82) is 0 Å². The van der Waals surface area contributed by atoms with E-state index < -0.39 is 11.8 Å². The van der Waals surface area contributed by atoms with Crippen molar-refractivity contribution in [1.82, 2.24) is 5.32 Å². The van der Waals surface area contributed by atoms with E-state index in [0.29, 0.717) is 16.8 Å². The van der Waals surface area contributed by atoms with Gasteiger partial charge in [-0.3, -0.25) is 9.59 Å². The summed E-state index contributed by atoms with van der Waals surface area (Å²) in [6.45, 7) is 3.65. The second-order valence-corrected chi connectivity index (χ2v) is 4.83. The van der Waals surface area contributed by atoms with E-state index >= 15 is 0 Å². The minimum absolute atomic E-state index is 0.0434. The molecule has 0 aromatic heterocycles. The van der Waals surface area contributed by atoms with Crippen LogP contribution in [0.1, 0.15) is 48.5 Å². The van der Waals surface area contributed by atoms with Gasteiger partial charge >= 0.3 is 5.97 Å². The molecule has 0 unspecified atom stereocenters. The Hall–Kier alpha value is -2.17. The largest absolute Gasteiger partial charge is 0.481 e. The first-order valence-electron chi connectivity index (χ1n) is 6.92. The van der Waals surface area contributed by atoms with Crippen molar-refractivity contribution in [3.05, 3.63) is 46.9 Å². The smallest absolute Gasteiger partial charge is 0.303 e. The maximum absolute atomic E-state index is 13.0. The van der Waals surface area contributed by atoms with Crippen LogP contribution in [0, 0.1) is 12.7 Å². The van der Waals surface area contributed by atoms with E-state index in [1.807, 2.05) is 13.0 Å². The highest BCUT2D eigenvalue weighted by molar-refractivity contribution is 5.96. The lowest BCUT2D eigenvalue weighted by molar-refractivity contribution is -0.136. The maximum Gasteiger partial charge on any atom is 0.303 e. The third-order valence-electron chi connectivity index (χ3n) is 2.99. The highest BCUT2D eigenvalue weighted by Crippen LogP contribution is 2.12. The third kappa shape index (κ3) is 5.77. The van der Waals surface area contributed by atoms with Crippen molar-refractivity contribution in [3.63, 3.8) is 0 Å². The van der Waals surface area contributed by atoms with Crippen molar-refractivity contribution in [2.24, 2.45) is 0 Å². The highest BCUT2D eigenvalue weighted by atomic mass is 19.1. The van der Waals surface area contributed by atoms with Crippen LogP contribution in [0.4, 0.5) is 4.39 Å². The predicted molar refractivity (Wildman–Crippen MR) is 78.5 cm³/mol. The van der Waals surface area contributed by atoms with Gasteiger partial charge in [0.2, 0.25) is 0 Å². The van der Waals surface area contributed by atoms with Crippen molar-refractivity contribution in [2.45, 2.75) is 39.5 Å². The van der Waals surface area contributed by atoms with Crippen LogP contribution in [0.5, 0.6) is 0 Å². The molecule has 0 atom stereocenters. The second kappa shape index (κ2) is 8.19. The van der Waals surface area contributed by atoms with Gasteiger partial charge in [-0.2, -0.15) is 0 Å². The topological polar surface area (TPSA) is 66.4 Å². The van der Waals surface area contributed by atoms with Crippen LogP contribution >= 0.6 is 0 Å². The van der Waals surface area contributed by atoms with Crippen molar-refractivity contribution in [3.8, 4) is 0 Å². The molecule has 1 amide bonds. The molecule has 0 saturated heterocycles. The van der Waals surface area contributed by atoms with E-state index in [2.05, 4.69) is 5.32 Å². The number of aryl methyl sites for hydroxylation is 1. The van der Waals surface area contributed by atoms with Crippen LogP contribution in [0.2, 0.25) is 0 Å². The van der Waals surface area contributed by atoms with E-state index in [9.17, 15) is 14.0 Å². The number of nitrogens with one attached hydrogen (secondary N) is 1. The summed E-state index contributed by atoms with van der Waals surface area (Å²) in [7, 11) is 0. The van der Waals surface area contributed by atoms with E-state index in [-0.39, 0.29) is 18.7 Å². The first-order valence-corrected chi connectivity index (χ1v) is 6.92. The molecule has 2 N–H and O–H groups in total. The number of unbranched alkanes of at least 4 members (excludes halogenated alkanes) is 1. The summed E-state index contributed by atoms with van der Waals surface area (Å²) in [5.74, 6) is -1.65. The molecule has 1 aromatic carbocycles. The molecule has 0 radical (unpaired) electrons. The third-order valence-corrected chi connectivity index (χ3v) is 2.99. The molecular formula is C16H20FNO3. The Kier molecular flexibility index (Phi) is 6.59. The molecule has 5 heteroatoms. The van der Waals surface area contributed by atoms with E-state index in [4.69, 9.17) is 5.11 Å². The molecule has 0 aliphatic heterocycles. The zero-order chi connectivity index (χ0) is 15.8. The molecule has 1 rings (SSSR count). The number of aliphatic carboxylic acids is 1. The summed E-state index contributed by atoms with van der Waals surface area (Å²) in [5, 5.41) is 11.5. The molecule has 0 bridgehead atoms. The number of amides is 1. The van der Waals surface area contributed by atoms with Gasteiger partial charge in [0.1, 0.15) is 5.82 Å². The monoisotopic (exact) mass is 293 g/mol. The predicted octanol–water partition coefficient (Wildman–Crippen LogP) is 3.41. The molecule has 21 heavy (non-hydrogen) atoms. The van der Waals surface area contributed by atoms with Crippen molar-refractivity contribution < 1.29 is 19.1 Å². The Labute approximate surface area is 123 Å². The summed E-state index contributed by atoms with van der Waals surface area (Å²) in [4.78, 5) is 22.8. The fraction of sp³-hybridized carbons (Fsp3) is 0.375. The molecule has 0 spiro atoms. The van der Waals surface area contributed by atoms with Crippen LogP contribution in [0.15, 0.2) is 30.0 Å². The van der Waals surface area contributed by atoms with E-state index in [1.54, 1.807) is 6.92 Å². The Balaban J connectivity index is 2.81. The number of rotatable bonds is 7. The number of carboxylic acids is 1. The standard InChI is InChI=1S/C16H20FNO3/c1-3-4-5-13(7-9-15(19)20)18-16(21)14-8-6-12(17)10-11(14)2/h5-6,8,10H,3-4,7,9H2,1-2H3,(H,18,21)(H,19,20)/b13-5+. The Bertz CT molecular complexity index is 552. The maximum atomic E-state index is 13.0. The zero-order valence-corrected chi connectivity index (χ0v) is 12.3. The minimum atomic E-state index is -0.912. The van der Waals surface area contributed by atoms with Crippen LogP contribution in [-0.2, 0) is 4.79 Å². The normalized spacial score (nSPS) is 11.3. The number of halogens is 1. The van der Waals surface area contributed by atoms with Crippen molar-refractivity contribution in [2.75, 3.05) is 0 Å². The van der Waals surface area contributed by atoms with Gasteiger partial charge in [-0.05, 0) is 43.5 Å². The number of benzene rings is 1. The van der Waals surface area contributed by atoms with Crippen LogP contribution in [0.25, 0.3) is 0 Å². The Morgan fingerprint density at radius 2 is 2.05 bits per heavy atom. The zero-order valence-electron chi connectivity index (χ0n) is 12.3. The number of hydrogen-bond acceptors (Lipinski definition) is 2. The average molecular weight is 293 g/mol. The molecule has 0 aliphatic rings. The average Bonchev–Trinajstić information content (AvgIpc) is 2.41. The molecular weight excluding hydrogens is 273 g/mol. The van der Waals surface area contributed by atoms with Gasteiger partial charge in [-0.15, -0.1) is 0 Å². The number of carbonyl (C=O) groups excluding carboxylic acids is 1. The molecule has 114 valence electrons. The molecule has 0 aliphatic carbocycles. The summed E-state index contributed by atoms with van der Waals surface area (Å²) >= 11 is 0. The first-order chi connectivity index (χ1) is 9.93. The van der Waals surface area contributed by atoms with Crippen molar-refractivity contribution >= 4 is 11.9 Å². The number of allylic oxidation sites excluding steroid dienone is 2. The summed E-state index contributed by atoms with van der Waals surface area (Å²) < 4.78 is 13.0. The van der Waals surface area contributed by atoms with Gasteiger partial charge in [0.15, 0.2) is 0 Å². The number of hydrogen-bond donors (Lipinski definition) is 2. The first kappa shape index (κ1) is 16.9. The molecule has 1 aromatic rings. The molecule has 0 heterocycles. The van der Waals surface area contributed by atoms with Gasteiger partial charge in [-0.1, -0.05) is 19.4 Å². The quantitative estimate of drug-likeness (QED) is 0.809. The lowest BCUT2D eigenvalue weighted by atomic mass is 10.1. The SMILES string of the molecule is CCC/C=C(\CCC(=O)O)NC(=O)c1ccc(F)cc1C. The lowest BCUT2D eigenvalue weighted by Crippen LogP contribution is -2.24. The van der Waals surface area contributed by atoms with Gasteiger partial charge < -0.3 is 10.4 Å². The minimum Gasteiger partial charge on any atom is -0.481 e. The summed E-state index contributed by atoms with van der Waals surface area (Å²) in [6, 6.07) is 3.95. The van der Waals surface area contributed by atoms with Crippen LogP contribution in [0.3, 0.4) is 0 Å². The van der Waals surface area contributed by atoms with Crippen LogP contribution < -0.4 is 5.32 Å². The Morgan fingerprint density at radius 3 is 2.62 bits per heavy atom. The van der Waals surface area contributed by atoms with E-state index in [1.165, 1.54) is 18.2 Å². The molecule has 4 nitrogen and oxygen atoms in total. The van der Waals surface area contributed by atoms with Gasteiger partial charge in [0.25, 0.3) is 5.91 Å². The van der Waals surface area contributed by atoms with Gasteiger partial charge in [0.05, 0.1) is 6.42 Å². The van der Waals surface area contributed by atoms with Gasteiger partial charge in [-0.25, -0.2) is 4.39 Å². The van der Waals surface area contributed by atoms with Gasteiger partial charge in [0, 0.05) is 11.3 Å². The molecule has 0 saturated carbocycles. The lowest BCUT2D eigenvalue weighted by Gasteiger charge is -2.11. The number of carbonyl (C=O) groups is 2. The number of carboxylic acid groups (broad SMARTS) is 1.